The van der Waals surface area contributed by atoms with Crippen molar-refractivity contribution in [1.82, 2.24) is 0 Å². The standard InChI is InChI=1S/C12H25NO/c1-3-8-11(13)12(14-2)9-6-4-5-7-10-12/h11H,3-10,13H2,1-2H3/t11-/m0/s1. The molecule has 2 nitrogen and oxygen atoms in total. The minimum Gasteiger partial charge on any atom is -0.377 e. The fourth-order valence-electron chi connectivity index (χ4n) is 2.63. The maximum absolute atomic E-state index is 6.25. The Balaban J connectivity index is 2.61. The van der Waals surface area contributed by atoms with Crippen molar-refractivity contribution in [2.75, 3.05) is 7.11 Å². The summed E-state index contributed by atoms with van der Waals surface area (Å²) < 4.78 is 5.75. The van der Waals surface area contributed by atoms with Crippen LogP contribution < -0.4 is 5.73 Å². The number of ether oxygens (including phenoxy) is 1. The molecule has 1 fully saturated rings. The lowest BCUT2D eigenvalue weighted by Crippen LogP contribution is -2.49. The lowest BCUT2D eigenvalue weighted by atomic mass is 9.84. The van der Waals surface area contributed by atoms with Crippen LogP contribution in [0.1, 0.15) is 58.3 Å². The molecule has 0 unspecified atom stereocenters. The Morgan fingerprint density at radius 1 is 1.21 bits per heavy atom. The van der Waals surface area contributed by atoms with Crippen molar-refractivity contribution in [2.45, 2.75) is 69.9 Å². The van der Waals surface area contributed by atoms with Gasteiger partial charge >= 0.3 is 0 Å². The Labute approximate surface area is 88.2 Å². The SMILES string of the molecule is CCC[C@H](N)C1(OC)CCCCCC1. The summed E-state index contributed by atoms with van der Waals surface area (Å²) >= 11 is 0. The van der Waals surface area contributed by atoms with E-state index in [2.05, 4.69) is 6.92 Å². The highest BCUT2D eigenvalue weighted by Crippen LogP contribution is 2.33. The largest absolute Gasteiger partial charge is 0.377 e. The van der Waals surface area contributed by atoms with Crippen molar-refractivity contribution < 1.29 is 4.74 Å². The first-order chi connectivity index (χ1) is 6.75. The number of nitrogens with two attached hydrogens (primary N) is 1. The fraction of sp³-hybridized carbons (Fsp3) is 1.00. The smallest absolute Gasteiger partial charge is 0.0828 e. The summed E-state index contributed by atoms with van der Waals surface area (Å²) in [5, 5.41) is 0. The summed E-state index contributed by atoms with van der Waals surface area (Å²) in [7, 11) is 1.83. The molecular formula is C12H25NO. The van der Waals surface area contributed by atoms with Crippen molar-refractivity contribution in [1.29, 1.82) is 0 Å². The number of methoxy groups -OCH3 is 1. The van der Waals surface area contributed by atoms with Crippen LogP contribution in [0.4, 0.5) is 0 Å². The van der Waals surface area contributed by atoms with E-state index in [0.717, 1.165) is 25.7 Å². The highest BCUT2D eigenvalue weighted by molar-refractivity contribution is 4.92. The van der Waals surface area contributed by atoms with Crippen molar-refractivity contribution in [3.05, 3.63) is 0 Å². The quantitative estimate of drug-likeness (QED) is 0.707. The number of rotatable bonds is 4. The molecule has 1 rings (SSSR count). The Kier molecular flexibility index (Phi) is 4.90. The molecule has 0 spiro atoms. The summed E-state index contributed by atoms with van der Waals surface area (Å²) in [5.74, 6) is 0. The average molecular weight is 199 g/mol. The van der Waals surface area contributed by atoms with Crippen LogP contribution in [0.3, 0.4) is 0 Å². The van der Waals surface area contributed by atoms with Gasteiger partial charge in [-0.2, -0.15) is 0 Å². The van der Waals surface area contributed by atoms with Gasteiger partial charge in [-0.3, -0.25) is 0 Å². The second-order valence-corrected chi connectivity index (χ2v) is 4.58. The maximum Gasteiger partial charge on any atom is 0.0828 e. The van der Waals surface area contributed by atoms with E-state index < -0.39 is 0 Å². The van der Waals surface area contributed by atoms with Gasteiger partial charge in [0, 0.05) is 13.2 Å². The van der Waals surface area contributed by atoms with Gasteiger partial charge in [-0.25, -0.2) is 0 Å². The van der Waals surface area contributed by atoms with Gasteiger partial charge in [-0.15, -0.1) is 0 Å². The van der Waals surface area contributed by atoms with Gasteiger partial charge in [0.15, 0.2) is 0 Å². The summed E-state index contributed by atoms with van der Waals surface area (Å²) in [6.07, 6.45) is 9.83. The first-order valence-corrected chi connectivity index (χ1v) is 6.06. The molecule has 1 aliphatic carbocycles. The zero-order chi connectivity index (χ0) is 10.4. The molecule has 0 aromatic heterocycles. The molecule has 2 heteroatoms. The van der Waals surface area contributed by atoms with Crippen molar-refractivity contribution in [3.63, 3.8) is 0 Å². The highest BCUT2D eigenvalue weighted by atomic mass is 16.5. The summed E-state index contributed by atoms with van der Waals surface area (Å²) in [6, 6.07) is 0.232. The third kappa shape index (κ3) is 2.71. The molecule has 0 heterocycles. The van der Waals surface area contributed by atoms with Gasteiger partial charge in [0.1, 0.15) is 0 Å². The second-order valence-electron chi connectivity index (χ2n) is 4.58. The van der Waals surface area contributed by atoms with Gasteiger partial charge in [0.25, 0.3) is 0 Å². The topological polar surface area (TPSA) is 35.2 Å². The fourth-order valence-corrected chi connectivity index (χ4v) is 2.63. The van der Waals surface area contributed by atoms with E-state index in [9.17, 15) is 0 Å². The molecule has 1 aliphatic rings. The van der Waals surface area contributed by atoms with Crippen LogP contribution in [-0.2, 0) is 4.74 Å². The van der Waals surface area contributed by atoms with E-state index in [1.807, 2.05) is 7.11 Å². The molecule has 0 bridgehead atoms. The average Bonchev–Trinajstić information content (AvgIpc) is 2.44. The van der Waals surface area contributed by atoms with Gasteiger partial charge in [-0.05, 0) is 19.3 Å². The third-order valence-electron chi connectivity index (χ3n) is 3.63. The minimum absolute atomic E-state index is 0.00743. The van der Waals surface area contributed by atoms with Gasteiger partial charge < -0.3 is 10.5 Å². The maximum atomic E-state index is 6.25. The lowest BCUT2D eigenvalue weighted by Gasteiger charge is -2.37. The Hall–Kier alpha value is -0.0800. The molecular weight excluding hydrogens is 174 g/mol. The van der Waals surface area contributed by atoms with Crippen LogP contribution in [0, 0.1) is 0 Å². The zero-order valence-corrected chi connectivity index (χ0v) is 9.72. The lowest BCUT2D eigenvalue weighted by molar-refractivity contribution is -0.0451. The molecule has 1 atom stereocenters. The summed E-state index contributed by atoms with van der Waals surface area (Å²) in [6.45, 7) is 2.19. The van der Waals surface area contributed by atoms with E-state index >= 15 is 0 Å². The molecule has 0 saturated heterocycles. The third-order valence-corrected chi connectivity index (χ3v) is 3.63. The van der Waals surface area contributed by atoms with Gasteiger partial charge in [0.05, 0.1) is 5.60 Å². The predicted molar refractivity (Wildman–Crippen MR) is 60.3 cm³/mol. The molecule has 14 heavy (non-hydrogen) atoms. The molecule has 0 aromatic rings. The monoisotopic (exact) mass is 199 g/mol. The van der Waals surface area contributed by atoms with Crippen LogP contribution in [0.5, 0.6) is 0 Å². The zero-order valence-electron chi connectivity index (χ0n) is 9.72. The van der Waals surface area contributed by atoms with Crippen LogP contribution in [-0.4, -0.2) is 18.8 Å². The minimum atomic E-state index is -0.00743. The van der Waals surface area contributed by atoms with E-state index in [0.29, 0.717) is 0 Å². The summed E-state index contributed by atoms with van der Waals surface area (Å²) in [5.41, 5.74) is 6.24. The normalized spacial score (nSPS) is 24.2. The van der Waals surface area contributed by atoms with E-state index in [1.165, 1.54) is 25.7 Å². The van der Waals surface area contributed by atoms with Crippen molar-refractivity contribution >= 4 is 0 Å². The van der Waals surface area contributed by atoms with E-state index in [1.54, 1.807) is 0 Å². The second kappa shape index (κ2) is 5.72. The highest BCUT2D eigenvalue weighted by Gasteiger charge is 2.36. The van der Waals surface area contributed by atoms with E-state index in [4.69, 9.17) is 10.5 Å². The van der Waals surface area contributed by atoms with Gasteiger partial charge in [0.2, 0.25) is 0 Å². The predicted octanol–water partition coefficient (Wildman–Crippen LogP) is 2.85. The van der Waals surface area contributed by atoms with Crippen molar-refractivity contribution in [3.8, 4) is 0 Å². The molecule has 1 saturated carbocycles. The van der Waals surface area contributed by atoms with Crippen LogP contribution in [0.2, 0.25) is 0 Å². The molecule has 2 N–H and O–H groups in total. The molecule has 84 valence electrons. The first-order valence-electron chi connectivity index (χ1n) is 6.06. The summed E-state index contributed by atoms with van der Waals surface area (Å²) in [4.78, 5) is 0. The number of hydrogen-bond donors (Lipinski definition) is 1. The Morgan fingerprint density at radius 3 is 2.21 bits per heavy atom. The van der Waals surface area contributed by atoms with Crippen molar-refractivity contribution in [2.24, 2.45) is 5.73 Å². The molecule has 0 amide bonds. The van der Waals surface area contributed by atoms with Crippen LogP contribution in [0.25, 0.3) is 0 Å². The van der Waals surface area contributed by atoms with E-state index in [-0.39, 0.29) is 11.6 Å². The van der Waals surface area contributed by atoms with Crippen LogP contribution >= 0.6 is 0 Å². The molecule has 0 aliphatic heterocycles. The Morgan fingerprint density at radius 2 is 1.79 bits per heavy atom. The molecule has 0 aromatic carbocycles. The number of hydrogen-bond acceptors (Lipinski definition) is 2. The first kappa shape index (κ1) is 12.0. The van der Waals surface area contributed by atoms with Crippen LogP contribution in [0.15, 0.2) is 0 Å². The van der Waals surface area contributed by atoms with Gasteiger partial charge in [-0.1, -0.05) is 39.0 Å². The molecule has 0 radical (unpaired) electrons. The Bertz CT molecular complexity index is 150.